The standard InChI is InChI=1S/C6H14O2S/c1-2-7-3-4-8-5-6-9/h9H,2-6H2,1H3. The van der Waals surface area contributed by atoms with Gasteiger partial charge in [0.15, 0.2) is 0 Å². The van der Waals surface area contributed by atoms with E-state index in [0.717, 1.165) is 19.0 Å². The van der Waals surface area contributed by atoms with Crippen LogP contribution in [0, 0.1) is 0 Å². The first-order valence-electron chi connectivity index (χ1n) is 3.18. The van der Waals surface area contributed by atoms with Crippen LogP contribution in [-0.2, 0) is 9.47 Å². The third-order valence-electron chi connectivity index (χ3n) is 0.812. The largest absolute Gasteiger partial charge is 0.379 e. The second kappa shape index (κ2) is 8.27. The monoisotopic (exact) mass is 150 g/mol. The molecule has 3 heteroatoms. The quantitative estimate of drug-likeness (QED) is 0.449. The summed E-state index contributed by atoms with van der Waals surface area (Å²) in [6.45, 7) is 4.84. The molecule has 0 unspecified atom stereocenters. The van der Waals surface area contributed by atoms with Crippen LogP contribution in [0.5, 0.6) is 0 Å². The molecule has 0 saturated carbocycles. The maximum Gasteiger partial charge on any atom is 0.0700 e. The molecule has 0 aromatic heterocycles. The fourth-order valence-electron chi connectivity index (χ4n) is 0.429. The summed E-state index contributed by atoms with van der Waals surface area (Å²) >= 11 is 3.98. The third-order valence-corrected chi connectivity index (χ3v) is 0.994. The SMILES string of the molecule is CCOCCOCCS. The van der Waals surface area contributed by atoms with Crippen molar-refractivity contribution < 1.29 is 9.47 Å². The van der Waals surface area contributed by atoms with Gasteiger partial charge >= 0.3 is 0 Å². The molecule has 56 valence electrons. The van der Waals surface area contributed by atoms with Crippen LogP contribution in [0.1, 0.15) is 6.92 Å². The van der Waals surface area contributed by atoms with Crippen molar-refractivity contribution >= 4 is 12.6 Å². The van der Waals surface area contributed by atoms with Crippen molar-refractivity contribution in [1.82, 2.24) is 0 Å². The molecule has 0 spiro atoms. The minimum absolute atomic E-state index is 0.689. The Morgan fingerprint density at radius 1 is 1.11 bits per heavy atom. The van der Waals surface area contributed by atoms with E-state index < -0.39 is 0 Å². The predicted octanol–water partition coefficient (Wildman–Crippen LogP) is 0.969. The van der Waals surface area contributed by atoms with E-state index in [1.807, 2.05) is 6.92 Å². The first-order valence-corrected chi connectivity index (χ1v) is 3.81. The van der Waals surface area contributed by atoms with Crippen molar-refractivity contribution in [3.63, 3.8) is 0 Å². The summed E-state index contributed by atoms with van der Waals surface area (Å²) in [5.74, 6) is 0.784. The fourth-order valence-corrected chi connectivity index (χ4v) is 0.558. The molecule has 0 saturated heterocycles. The Morgan fingerprint density at radius 2 is 1.78 bits per heavy atom. The zero-order valence-electron chi connectivity index (χ0n) is 5.80. The maximum atomic E-state index is 5.08. The Hall–Kier alpha value is 0.270. The Labute approximate surface area is 61.9 Å². The van der Waals surface area contributed by atoms with E-state index in [0.29, 0.717) is 13.2 Å². The molecule has 0 aliphatic heterocycles. The number of hydrogen-bond donors (Lipinski definition) is 1. The lowest BCUT2D eigenvalue weighted by atomic mass is 10.7. The Morgan fingerprint density at radius 3 is 2.33 bits per heavy atom. The van der Waals surface area contributed by atoms with Gasteiger partial charge in [0, 0.05) is 12.4 Å². The van der Waals surface area contributed by atoms with Crippen LogP contribution >= 0.6 is 12.6 Å². The molecule has 0 aromatic rings. The van der Waals surface area contributed by atoms with Gasteiger partial charge in [-0.1, -0.05) is 0 Å². The molecular formula is C6H14O2S. The van der Waals surface area contributed by atoms with Crippen molar-refractivity contribution in [2.45, 2.75) is 6.92 Å². The first-order chi connectivity index (χ1) is 4.41. The normalized spacial score (nSPS) is 10.0. The second-order valence-electron chi connectivity index (χ2n) is 1.53. The van der Waals surface area contributed by atoms with Gasteiger partial charge in [-0.15, -0.1) is 0 Å². The number of thiol groups is 1. The molecule has 0 aromatic carbocycles. The molecule has 0 fully saturated rings. The number of rotatable bonds is 6. The molecule has 0 heterocycles. The highest BCUT2D eigenvalue weighted by molar-refractivity contribution is 7.80. The van der Waals surface area contributed by atoms with E-state index >= 15 is 0 Å². The minimum atomic E-state index is 0.689. The lowest BCUT2D eigenvalue weighted by molar-refractivity contribution is 0.0595. The zero-order valence-corrected chi connectivity index (χ0v) is 6.69. The summed E-state index contributed by atoms with van der Waals surface area (Å²) in [7, 11) is 0. The van der Waals surface area contributed by atoms with Gasteiger partial charge in [-0.05, 0) is 6.92 Å². The molecule has 2 nitrogen and oxygen atoms in total. The second-order valence-corrected chi connectivity index (χ2v) is 1.98. The zero-order chi connectivity index (χ0) is 6.95. The number of hydrogen-bond acceptors (Lipinski definition) is 3. The summed E-state index contributed by atoms with van der Waals surface area (Å²) in [6, 6.07) is 0. The molecule has 0 aliphatic carbocycles. The first kappa shape index (κ1) is 9.27. The average molecular weight is 150 g/mol. The van der Waals surface area contributed by atoms with Gasteiger partial charge < -0.3 is 9.47 Å². The van der Waals surface area contributed by atoms with Gasteiger partial charge in [-0.25, -0.2) is 0 Å². The van der Waals surface area contributed by atoms with Crippen molar-refractivity contribution in [1.29, 1.82) is 0 Å². The van der Waals surface area contributed by atoms with Crippen LogP contribution in [-0.4, -0.2) is 32.2 Å². The van der Waals surface area contributed by atoms with Gasteiger partial charge in [-0.2, -0.15) is 12.6 Å². The van der Waals surface area contributed by atoms with E-state index in [2.05, 4.69) is 12.6 Å². The van der Waals surface area contributed by atoms with Gasteiger partial charge in [0.25, 0.3) is 0 Å². The summed E-state index contributed by atoms with van der Waals surface area (Å²) in [5, 5.41) is 0. The highest BCUT2D eigenvalue weighted by Gasteiger charge is 1.84. The molecular weight excluding hydrogens is 136 g/mol. The Bertz CT molecular complexity index is 44.3. The van der Waals surface area contributed by atoms with Crippen molar-refractivity contribution in [3.8, 4) is 0 Å². The van der Waals surface area contributed by atoms with Crippen molar-refractivity contribution in [3.05, 3.63) is 0 Å². The summed E-state index contributed by atoms with van der Waals surface area (Å²) in [6.07, 6.45) is 0. The molecule has 0 atom stereocenters. The fraction of sp³-hybridized carbons (Fsp3) is 1.00. The van der Waals surface area contributed by atoms with E-state index in [1.54, 1.807) is 0 Å². The van der Waals surface area contributed by atoms with Gasteiger partial charge in [0.1, 0.15) is 0 Å². The van der Waals surface area contributed by atoms with Crippen molar-refractivity contribution in [2.24, 2.45) is 0 Å². The third kappa shape index (κ3) is 8.27. The summed E-state index contributed by atoms with van der Waals surface area (Å²) in [4.78, 5) is 0. The number of ether oxygens (including phenoxy) is 2. The smallest absolute Gasteiger partial charge is 0.0700 e. The van der Waals surface area contributed by atoms with Crippen LogP contribution < -0.4 is 0 Å². The Kier molecular flexibility index (Phi) is 8.52. The molecule has 0 aliphatic rings. The lowest BCUT2D eigenvalue weighted by Crippen LogP contribution is -2.05. The molecule has 0 amide bonds. The molecule has 0 N–H and O–H groups in total. The van der Waals surface area contributed by atoms with E-state index in [1.165, 1.54) is 0 Å². The topological polar surface area (TPSA) is 18.5 Å². The van der Waals surface area contributed by atoms with E-state index in [9.17, 15) is 0 Å². The van der Waals surface area contributed by atoms with Crippen LogP contribution in [0.3, 0.4) is 0 Å². The minimum Gasteiger partial charge on any atom is -0.379 e. The van der Waals surface area contributed by atoms with Crippen LogP contribution in [0.2, 0.25) is 0 Å². The maximum absolute atomic E-state index is 5.08. The van der Waals surface area contributed by atoms with Gasteiger partial charge in [0.05, 0.1) is 19.8 Å². The average Bonchev–Trinajstić information content (AvgIpc) is 1.89. The van der Waals surface area contributed by atoms with Crippen molar-refractivity contribution in [2.75, 3.05) is 32.2 Å². The molecule has 0 rings (SSSR count). The van der Waals surface area contributed by atoms with E-state index in [4.69, 9.17) is 9.47 Å². The summed E-state index contributed by atoms with van der Waals surface area (Å²) in [5.41, 5.74) is 0. The Balaban J connectivity index is 2.60. The van der Waals surface area contributed by atoms with Gasteiger partial charge in [-0.3, -0.25) is 0 Å². The molecule has 9 heavy (non-hydrogen) atoms. The highest BCUT2D eigenvalue weighted by atomic mass is 32.1. The van der Waals surface area contributed by atoms with E-state index in [-0.39, 0.29) is 0 Å². The van der Waals surface area contributed by atoms with Crippen LogP contribution in [0.25, 0.3) is 0 Å². The predicted molar refractivity (Wildman–Crippen MR) is 41.2 cm³/mol. The van der Waals surface area contributed by atoms with Crippen LogP contribution in [0.15, 0.2) is 0 Å². The summed E-state index contributed by atoms with van der Waals surface area (Å²) < 4.78 is 10.1. The highest BCUT2D eigenvalue weighted by Crippen LogP contribution is 1.79. The molecule has 0 bridgehead atoms. The van der Waals surface area contributed by atoms with Crippen LogP contribution in [0.4, 0.5) is 0 Å². The lowest BCUT2D eigenvalue weighted by Gasteiger charge is -2.00. The molecule has 0 radical (unpaired) electrons. The van der Waals surface area contributed by atoms with Gasteiger partial charge in [0.2, 0.25) is 0 Å².